The normalized spacial score (nSPS) is 12.2. The van der Waals surface area contributed by atoms with Crippen LogP contribution in [0.1, 0.15) is 24.5 Å². The van der Waals surface area contributed by atoms with Crippen LogP contribution in [0.4, 0.5) is 0 Å². The Labute approximate surface area is 134 Å². The first-order valence-corrected chi connectivity index (χ1v) is 7.97. The summed E-state index contributed by atoms with van der Waals surface area (Å²) in [5.41, 5.74) is 8.41. The van der Waals surface area contributed by atoms with Crippen LogP contribution in [0, 0.1) is 3.57 Å². The number of para-hydroxylation sites is 1. The average Bonchev–Trinajstić information content (AvgIpc) is 2.48. The van der Waals surface area contributed by atoms with Gasteiger partial charge in [-0.25, -0.2) is 0 Å². The lowest BCUT2D eigenvalue weighted by atomic mass is 10.0. The predicted octanol–water partition coefficient (Wildman–Crippen LogP) is 4.15. The molecule has 2 rings (SSSR count). The van der Waals surface area contributed by atoms with Gasteiger partial charge in [0.1, 0.15) is 12.4 Å². The van der Waals surface area contributed by atoms with Gasteiger partial charge >= 0.3 is 0 Å². The van der Waals surface area contributed by atoms with Gasteiger partial charge in [0, 0.05) is 9.61 Å². The van der Waals surface area contributed by atoms with Gasteiger partial charge in [0.2, 0.25) is 0 Å². The molecule has 0 spiro atoms. The summed E-state index contributed by atoms with van der Waals surface area (Å²) in [6, 6.07) is 16.7. The van der Waals surface area contributed by atoms with Gasteiger partial charge in [-0.1, -0.05) is 37.3 Å². The minimum Gasteiger partial charge on any atom is -0.489 e. The molecule has 0 saturated heterocycles. The van der Waals surface area contributed by atoms with Gasteiger partial charge in [0.15, 0.2) is 0 Å². The standard InChI is InChI=1S/C17H20INO/c1-2-16(19)11-14-5-3-4-6-17(14)20-12-13-7-9-15(18)10-8-13/h3-10,16H,2,11-12,19H2,1H3. The van der Waals surface area contributed by atoms with Gasteiger partial charge in [-0.15, -0.1) is 0 Å². The lowest BCUT2D eigenvalue weighted by molar-refractivity contribution is 0.302. The summed E-state index contributed by atoms with van der Waals surface area (Å²) in [7, 11) is 0. The van der Waals surface area contributed by atoms with Crippen LogP contribution in [0.25, 0.3) is 0 Å². The minimum absolute atomic E-state index is 0.193. The second kappa shape index (κ2) is 7.64. The molecular weight excluding hydrogens is 361 g/mol. The Bertz CT molecular complexity index is 539. The maximum absolute atomic E-state index is 6.04. The fourth-order valence-electron chi connectivity index (χ4n) is 1.98. The molecule has 2 aromatic rings. The molecule has 1 unspecified atom stereocenters. The zero-order chi connectivity index (χ0) is 14.4. The third-order valence-electron chi connectivity index (χ3n) is 3.29. The van der Waals surface area contributed by atoms with Gasteiger partial charge in [-0.3, -0.25) is 0 Å². The van der Waals surface area contributed by atoms with E-state index in [9.17, 15) is 0 Å². The average molecular weight is 381 g/mol. The van der Waals surface area contributed by atoms with Crippen LogP contribution in [-0.2, 0) is 13.0 Å². The van der Waals surface area contributed by atoms with Crippen molar-refractivity contribution in [3.8, 4) is 5.75 Å². The van der Waals surface area contributed by atoms with E-state index >= 15 is 0 Å². The van der Waals surface area contributed by atoms with Crippen molar-refractivity contribution in [1.82, 2.24) is 0 Å². The maximum atomic E-state index is 6.04. The van der Waals surface area contributed by atoms with Crippen LogP contribution < -0.4 is 10.5 Å². The van der Waals surface area contributed by atoms with E-state index in [2.05, 4.69) is 59.8 Å². The van der Waals surface area contributed by atoms with Gasteiger partial charge in [0.25, 0.3) is 0 Å². The predicted molar refractivity (Wildman–Crippen MR) is 91.9 cm³/mol. The summed E-state index contributed by atoms with van der Waals surface area (Å²) >= 11 is 2.30. The summed E-state index contributed by atoms with van der Waals surface area (Å²) in [5, 5.41) is 0. The molecule has 1 atom stereocenters. The molecule has 0 aromatic heterocycles. The summed E-state index contributed by atoms with van der Waals surface area (Å²) in [6.07, 6.45) is 1.84. The Hall–Kier alpha value is -1.07. The van der Waals surface area contributed by atoms with Crippen molar-refractivity contribution in [3.05, 3.63) is 63.2 Å². The third-order valence-corrected chi connectivity index (χ3v) is 4.01. The van der Waals surface area contributed by atoms with Gasteiger partial charge in [-0.05, 0) is 64.8 Å². The minimum atomic E-state index is 0.193. The van der Waals surface area contributed by atoms with Crippen molar-refractivity contribution in [2.45, 2.75) is 32.4 Å². The Kier molecular flexibility index (Phi) is 5.86. The first kappa shape index (κ1) is 15.3. The van der Waals surface area contributed by atoms with Crippen LogP contribution in [0.2, 0.25) is 0 Å². The molecular formula is C17H20INO. The summed E-state index contributed by atoms with van der Waals surface area (Å²) in [5.74, 6) is 0.940. The molecule has 0 bridgehead atoms. The fraction of sp³-hybridized carbons (Fsp3) is 0.294. The largest absolute Gasteiger partial charge is 0.489 e. The Morgan fingerprint density at radius 2 is 1.80 bits per heavy atom. The van der Waals surface area contributed by atoms with Crippen LogP contribution in [0.5, 0.6) is 5.75 Å². The summed E-state index contributed by atoms with van der Waals surface area (Å²) in [4.78, 5) is 0. The number of hydrogen-bond acceptors (Lipinski definition) is 2. The van der Waals surface area contributed by atoms with Crippen molar-refractivity contribution >= 4 is 22.6 Å². The molecule has 0 aliphatic carbocycles. The lowest BCUT2D eigenvalue weighted by Gasteiger charge is -2.14. The highest BCUT2D eigenvalue weighted by Gasteiger charge is 2.07. The first-order chi connectivity index (χ1) is 9.69. The number of benzene rings is 2. The van der Waals surface area contributed by atoms with Crippen LogP contribution in [0.3, 0.4) is 0 Å². The number of halogens is 1. The molecule has 2 nitrogen and oxygen atoms in total. The zero-order valence-electron chi connectivity index (χ0n) is 11.7. The quantitative estimate of drug-likeness (QED) is 0.763. The van der Waals surface area contributed by atoms with Gasteiger partial charge < -0.3 is 10.5 Å². The molecule has 0 fully saturated rings. The molecule has 0 saturated carbocycles. The Morgan fingerprint density at radius 3 is 2.50 bits per heavy atom. The molecule has 20 heavy (non-hydrogen) atoms. The number of hydrogen-bond donors (Lipinski definition) is 1. The fourth-order valence-corrected chi connectivity index (χ4v) is 2.34. The highest BCUT2D eigenvalue weighted by Crippen LogP contribution is 2.21. The lowest BCUT2D eigenvalue weighted by Crippen LogP contribution is -2.21. The highest BCUT2D eigenvalue weighted by atomic mass is 127. The van der Waals surface area contributed by atoms with Crippen LogP contribution in [-0.4, -0.2) is 6.04 Å². The molecule has 2 aromatic carbocycles. The number of nitrogens with two attached hydrogens (primary N) is 1. The highest BCUT2D eigenvalue weighted by molar-refractivity contribution is 14.1. The smallest absolute Gasteiger partial charge is 0.123 e. The van der Waals surface area contributed by atoms with E-state index in [0.717, 1.165) is 18.6 Å². The Balaban J connectivity index is 2.03. The number of ether oxygens (including phenoxy) is 1. The zero-order valence-corrected chi connectivity index (χ0v) is 13.8. The molecule has 0 aliphatic heterocycles. The van der Waals surface area contributed by atoms with Crippen molar-refractivity contribution in [3.63, 3.8) is 0 Å². The molecule has 0 radical (unpaired) electrons. The summed E-state index contributed by atoms with van der Waals surface area (Å²) < 4.78 is 7.19. The monoisotopic (exact) mass is 381 g/mol. The van der Waals surface area contributed by atoms with E-state index < -0.39 is 0 Å². The topological polar surface area (TPSA) is 35.2 Å². The Morgan fingerprint density at radius 1 is 1.10 bits per heavy atom. The van der Waals surface area contributed by atoms with E-state index in [-0.39, 0.29) is 6.04 Å². The van der Waals surface area contributed by atoms with E-state index in [1.165, 1.54) is 14.7 Å². The third kappa shape index (κ3) is 4.49. The first-order valence-electron chi connectivity index (χ1n) is 6.89. The van der Waals surface area contributed by atoms with Crippen molar-refractivity contribution < 1.29 is 4.74 Å². The second-order valence-electron chi connectivity index (χ2n) is 4.90. The molecule has 2 N–H and O–H groups in total. The van der Waals surface area contributed by atoms with Gasteiger partial charge in [-0.2, -0.15) is 0 Å². The van der Waals surface area contributed by atoms with Gasteiger partial charge in [0.05, 0.1) is 0 Å². The number of rotatable bonds is 6. The molecule has 106 valence electrons. The maximum Gasteiger partial charge on any atom is 0.123 e. The molecule has 3 heteroatoms. The van der Waals surface area contributed by atoms with Crippen LogP contribution in [0.15, 0.2) is 48.5 Å². The molecule has 0 heterocycles. The van der Waals surface area contributed by atoms with Crippen molar-refractivity contribution in [1.29, 1.82) is 0 Å². The second-order valence-corrected chi connectivity index (χ2v) is 6.14. The van der Waals surface area contributed by atoms with Crippen molar-refractivity contribution in [2.24, 2.45) is 5.73 Å². The summed E-state index contributed by atoms with van der Waals surface area (Å²) in [6.45, 7) is 2.70. The van der Waals surface area contributed by atoms with Crippen molar-refractivity contribution in [2.75, 3.05) is 0 Å². The van der Waals surface area contributed by atoms with E-state index in [0.29, 0.717) is 6.61 Å². The van der Waals surface area contributed by atoms with E-state index in [1.807, 2.05) is 18.2 Å². The molecule has 0 aliphatic rings. The SMILES string of the molecule is CCC(N)Cc1ccccc1OCc1ccc(I)cc1. The van der Waals surface area contributed by atoms with E-state index in [1.54, 1.807) is 0 Å². The van der Waals surface area contributed by atoms with E-state index in [4.69, 9.17) is 10.5 Å². The van der Waals surface area contributed by atoms with Crippen LogP contribution >= 0.6 is 22.6 Å². The molecule has 0 amide bonds.